The van der Waals surface area contributed by atoms with E-state index in [2.05, 4.69) is 24.0 Å². The number of thiazole rings is 1. The van der Waals surface area contributed by atoms with Crippen LogP contribution in [0.25, 0.3) is 21.8 Å². The molecule has 0 amide bonds. The van der Waals surface area contributed by atoms with Crippen LogP contribution >= 0.6 is 11.3 Å². The third kappa shape index (κ3) is 2.86. The van der Waals surface area contributed by atoms with E-state index in [9.17, 15) is 0 Å². The van der Waals surface area contributed by atoms with Crippen LogP contribution in [0.1, 0.15) is 10.4 Å². The SMILES string of the molecule is Cc1cnccc1-c1nc(-c2ccccc2)c(CCN)s1. The fourth-order valence-corrected chi connectivity index (χ4v) is 3.49. The zero-order chi connectivity index (χ0) is 14.7. The molecule has 0 aliphatic carbocycles. The Balaban J connectivity index is 2.11. The molecule has 0 aliphatic rings. The van der Waals surface area contributed by atoms with E-state index in [1.54, 1.807) is 11.3 Å². The lowest BCUT2D eigenvalue weighted by Gasteiger charge is -2.00. The van der Waals surface area contributed by atoms with E-state index in [1.165, 1.54) is 4.88 Å². The van der Waals surface area contributed by atoms with Gasteiger partial charge in [-0.2, -0.15) is 0 Å². The quantitative estimate of drug-likeness (QED) is 0.798. The minimum Gasteiger partial charge on any atom is -0.330 e. The van der Waals surface area contributed by atoms with Crippen molar-refractivity contribution in [2.45, 2.75) is 13.3 Å². The Labute approximate surface area is 128 Å². The number of rotatable bonds is 4. The number of aromatic nitrogens is 2. The average Bonchev–Trinajstić information content (AvgIpc) is 2.93. The molecule has 0 spiro atoms. The first kappa shape index (κ1) is 13.9. The number of nitrogens with zero attached hydrogens (tertiary/aromatic N) is 2. The van der Waals surface area contributed by atoms with Gasteiger partial charge < -0.3 is 5.73 Å². The number of benzene rings is 1. The van der Waals surface area contributed by atoms with Crippen molar-refractivity contribution < 1.29 is 0 Å². The molecule has 0 saturated carbocycles. The fourth-order valence-electron chi connectivity index (χ4n) is 2.30. The van der Waals surface area contributed by atoms with Gasteiger partial charge in [0.2, 0.25) is 0 Å². The summed E-state index contributed by atoms with van der Waals surface area (Å²) >= 11 is 1.73. The van der Waals surface area contributed by atoms with Crippen molar-refractivity contribution in [1.29, 1.82) is 0 Å². The van der Waals surface area contributed by atoms with Crippen molar-refractivity contribution in [3.8, 4) is 21.8 Å². The van der Waals surface area contributed by atoms with E-state index in [4.69, 9.17) is 10.7 Å². The first-order chi connectivity index (χ1) is 10.3. The normalized spacial score (nSPS) is 10.8. The van der Waals surface area contributed by atoms with E-state index < -0.39 is 0 Å². The van der Waals surface area contributed by atoms with Crippen molar-refractivity contribution in [3.05, 3.63) is 59.2 Å². The lowest BCUT2D eigenvalue weighted by atomic mass is 10.1. The van der Waals surface area contributed by atoms with Gasteiger partial charge in [0.1, 0.15) is 5.01 Å². The average molecular weight is 295 g/mol. The lowest BCUT2D eigenvalue weighted by molar-refractivity contribution is 0.986. The number of hydrogen-bond acceptors (Lipinski definition) is 4. The third-order valence-electron chi connectivity index (χ3n) is 3.37. The van der Waals surface area contributed by atoms with E-state index in [0.717, 1.165) is 33.8 Å². The maximum atomic E-state index is 5.75. The number of hydrogen-bond donors (Lipinski definition) is 1. The summed E-state index contributed by atoms with van der Waals surface area (Å²) in [5.41, 5.74) is 10.2. The molecular formula is C17H17N3S. The second-order valence-electron chi connectivity index (χ2n) is 4.89. The van der Waals surface area contributed by atoms with Crippen molar-refractivity contribution in [3.63, 3.8) is 0 Å². The van der Waals surface area contributed by atoms with Gasteiger partial charge >= 0.3 is 0 Å². The van der Waals surface area contributed by atoms with Crippen LogP contribution in [0.15, 0.2) is 48.8 Å². The zero-order valence-corrected chi connectivity index (χ0v) is 12.7. The summed E-state index contributed by atoms with van der Waals surface area (Å²) in [6, 6.07) is 12.3. The third-order valence-corrected chi connectivity index (χ3v) is 4.52. The van der Waals surface area contributed by atoms with Crippen LogP contribution in [0, 0.1) is 6.92 Å². The van der Waals surface area contributed by atoms with Crippen molar-refractivity contribution in [2.24, 2.45) is 5.73 Å². The van der Waals surface area contributed by atoms with Crippen molar-refractivity contribution in [1.82, 2.24) is 9.97 Å². The maximum absolute atomic E-state index is 5.75. The molecular weight excluding hydrogens is 278 g/mol. The molecule has 0 fully saturated rings. The molecule has 1 aromatic carbocycles. The second-order valence-corrected chi connectivity index (χ2v) is 5.97. The van der Waals surface area contributed by atoms with Crippen LogP contribution < -0.4 is 5.73 Å². The summed E-state index contributed by atoms with van der Waals surface area (Å²) in [4.78, 5) is 10.3. The fraction of sp³-hybridized carbons (Fsp3) is 0.176. The highest BCUT2D eigenvalue weighted by Crippen LogP contribution is 2.35. The summed E-state index contributed by atoms with van der Waals surface area (Å²) in [7, 11) is 0. The smallest absolute Gasteiger partial charge is 0.124 e. The van der Waals surface area contributed by atoms with E-state index in [1.807, 2.05) is 36.7 Å². The maximum Gasteiger partial charge on any atom is 0.124 e. The molecule has 0 unspecified atom stereocenters. The van der Waals surface area contributed by atoms with Crippen molar-refractivity contribution >= 4 is 11.3 Å². The number of pyridine rings is 1. The monoisotopic (exact) mass is 295 g/mol. The Morgan fingerprint density at radius 2 is 1.95 bits per heavy atom. The molecule has 0 aliphatic heterocycles. The number of nitrogens with two attached hydrogens (primary N) is 1. The van der Waals surface area contributed by atoms with E-state index in [-0.39, 0.29) is 0 Å². The van der Waals surface area contributed by atoms with E-state index in [0.29, 0.717) is 6.54 Å². The molecule has 0 bridgehead atoms. The zero-order valence-electron chi connectivity index (χ0n) is 11.9. The Bertz CT molecular complexity index is 735. The topological polar surface area (TPSA) is 51.8 Å². The molecule has 2 heterocycles. The Morgan fingerprint density at radius 3 is 2.67 bits per heavy atom. The van der Waals surface area contributed by atoms with Crippen LogP contribution in [-0.2, 0) is 6.42 Å². The van der Waals surface area contributed by atoms with Gasteiger partial charge in [0.25, 0.3) is 0 Å². The van der Waals surface area contributed by atoms with Crippen LogP contribution in [0.2, 0.25) is 0 Å². The summed E-state index contributed by atoms with van der Waals surface area (Å²) in [6.07, 6.45) is 4.54. The molecule has 0 radical (unpaired) electrons. The van der Waals surface area contributed by atoms with Gasteiger partial charge in [-0.3, -0.25) is 4.98 Å². The summed E-state index contributed by atoms with van der Waals surface area (Å²) in [5, 5.41) is 1.04. The molecule has 3 aromatic rings. The highest BCUT2D eigenvalue weighted by atomic mass is 32.1. The molecule has 4 heteroatoms. The predicted molar refractivity (Wildman–Crippen MR) is 88.3 cm³/mol. The lowest BCUT2D eigenvalue weighted by Crippen LogP contribution is -2.02. The Kier molecular flexibility index (Phi) is 4.08. The molecule has 3 nitrogen and oxygen atoms in total. The molecule has 2 aromatic heterocycles. The first-order valence-corrected chi connectivity index (χ1v) is 7.77. The molecule has 21 heavy (non-hydrogen) atoms. The van der Waals surface area contributed by atoms with Crippen LogP contribution in [-0.4, -0.2) is 16.5 Å². The minimum atomic E-state index is 0.636. The van der Waals surface area contributed by atoms with Crippen LogP contribution in [0.4, 0.5) is 0 Å². The van der Waals surface area contributed by atoms with E-state index >= 15 is 0 Å². The van der Waals surface area contributed by atoms with Gasteiger partial charge in [0, 0.05) is 28.4 Å². The predicted octanol–water partition coefficient (Wildman–Crippen LogP) is 3.68. The summed E-state index contributed by atoms with van der Waals surface area (Å²) < 4.78 is 0. The molecule has 106 valence electrons. The van der Waals surface area contributed by atoms with Gasteiger partial charge in [-0.25, -0.2) is 4.98 Å². The van der Waals surface area contributed by atoms with Crippen LogP contribution in [0.5, 0.6) is 0 Å². The van der Waals surface area contributed by atoms with Gasteiger partial charge in [0.05, 0.1) is 5.69 Å². The first-order valence-electron chi connectivity index (χ1n) is 6.96. The highest BCUT2D eigenvalue weighted by molar-refractivity contribution is 7.15. The standard InChI is InChI=1S/C17H17N3S/c1-12-11-19-10-8-14(12)17-20-16(15(21-17)7-9-18)13-5-3-2-4-6-13/h2-6,8,10-11H,7,9,18H2,1H3. The molecule has 2 N–H and O–H groups in total. The molecule has 0 atom stereocenters. The van der Waals surface area contributed by atoms with Gasteiger partial charge in [-0.15, -0.1) is 11.3 Å². The Morgan fingerprint density at radius 1 is 1.14 bits per heavy atom. The summed E-state index contributed by atoms with van der Waals surface area (Å²) in [5.74, 6) is 0. The van der Waals surface area contributed by atoms with Crippen LogP contribution in [0.3, 0.4) is 0 Å². The molecule has 0 saturated heterocycles. The largest absolute Gasteiger partial charge is 0.330 e. The van der Waals surface area contributed by atoms with Crippen molar-refractivity contribution in [2.75, 3.05) is 6.54 Å². The van der Waals surface area contributed by atoms with Gasteiger partial charge in [-0.1, -0.05) is 30.3 Å². The number of aryl methyl sites for hydroxylation is 1. The molecule has 3 rings (SSSR count). The Hall–Kier alpha value is -2.04. The second kappa shape index (κ2) is 6.16. The van der Waals surface area contributed by atoms with Gasteiger partial charge in [-0.05, 0) is 31.5 Å². The van der Waals surface area contributed by atoms with Gasteiger partial charge in [0.15, 0.2) is 0 Å². The highest BCUT2D eigenvalue weighted by Gasteiger charge is 2.14. The summed E-state index contributed by atoms with van der Waals surface area (Å²) in [6.45, 7) is 2.70. The minimum absolute atomic E-state index is 0.636.